The molecule has 1 aliphatic rings. The molecular weight excluding hydrogens is 316 g/mol. The van der Waals surface area contributed by atoms with Crippen LogP contribution in [0.25, 0.3) is 21.9 Å². The number of furan rings is 1. The van der Waals surface area contributed by atoms with Crippen molar-refractivity contribution in [1.82, 2.24) is 9.80 Å². The molecule has 1 aromatic heterocycles. The fourth-order valence-corrected chi connectivity index (χ4v) is 2.77. The fraction of sp³-hybridized carbons (Fsp3) is 0.105. The van der Waals surface area contributed by atoms with E-state index >= 15 is 0 Å². The lowest BCUT2D eigenvalue weighted by atomic mass is 10.1. The van der Waals surface area contributed by atoms with Crippen LogP contribution in [0.1, 0.15) is 0 Å². The molecule has 6 heteroatoms. The molecule has 6 nitrogen and oxygen atoms in total. The predicted octanol–water partition coefficient (Wildman–Crippen LogP) is 5.02. The predicted molar refractivity (Wildman–Crippen MR) is 96.4 cm³/mol. The van der Waals surface area contributed by atoms with E-state index in [1.165, 1.54) is 9.80 Å². The number of carbonyl (C=O) groups is 1. The molecule has 0 saturated heterocycles. The van der Waals surface area contributed by atoms with E-state index in [-0.39, 0.29) is 6.03 Å². The number of allylic oxidation sites excluding steroid dienone is 1. The number of urea groups is 1. The third-order valence-corrected chi connectivity index (χ3v) is 4.17. The Hall–Kier alpha value is -3.41. The van der Waals surface area contributed by atoms with Crippen molar-refractivity contribution in [2.45, 2.75) is 0 Å². The van der Waals surface area contributed by atoms with Gasteiger partial charge in [0.15, 0.2) is 0 Å². The van der Waals surface area contributed by atoms with Gasteiger partial charge in [0, 0.05) is 31.1 Å². The van der Waals surface area contributed by atoms with E-state index < -0.39 is 0 Å². The fourth-order valence-electron chi connectivity index (χ4n) is 2.77. The van der Waals surface area contributed by atoms with Crippen LogP contribution in [0.3, 0.4) is 0 Å². The summed E-state index contributed by atoms with van der Waals surface area (Å²) in [7, 11) is 3.41. The third-order valence-electron chi connectivity index (χ3n) is 4.17. The summed E-state index contributed by atoms with van der Waals surface area (Å²) >= 11 is 0. The van der Waals surface area contributed by atoms with Gasteiger partial charge >= 0.3 is 6.03 Å². The van der Waals surface area contributed by atoms with Crippen LogP contribution in [0.4, 0.5) is 10.5 Å². The minimum absolute atomic E-state index is 0.116. The maximum Gasteiger partial charge on any atom is 0.328 e. The van der Waals surface area contributed by atoms with Gasteiger partial charge in [-0.2, -0.15) is 10.2 Å². The highest BCUT2D eigenvalue weighted by Crippen LogP contribution is 2.31. The van der Waals surface area contributed by atoms with Crippen molar-refractivity contribution in [3.05, 3.63) is 66.6 Å². The lowest BCUT2D eigenvalue weighted by Gasteiger charge is -2.26. The first-order valence-corrected chi connectivity index (χ1v) is 7.84. The van der Waals surface area contributed by atoms with Crippen molar-refractivity contribution in [2.75, 3.05) is 14.1 Å². The highest BCUT2D eigenvalue weighted by molar-refractivity contribution is 6.05. The Balaban J connectivity index is 1.65. The lowest BCUT2D eigenvalue weighted by molar-refractivity contribution is 0.195. The van der Waals surface area contributed by atoms with Gasteiger partial charge < -0.3 is 9.32 Å². The molecule has 0 spiro atoms. The highest BCUT2D eigenvalue weighted by Gasteiger charge is 2.18. The van der Waals surface area contributed by atoms with Crippen molar-refractivity contribution in [3.8, 4) is 0 Å². The first kappa shape index (κ1) is 15.1. The summed E-state index contributed by atoms with van der Waals surface area (Å²) in [6, 6.07) is 13.5. The van der Waals surface area contributed by atoms with Crippen molar-refractivity contribution in [1.29, 1.82) is 0 Å². The molecule has 4 rings (SSSR count). The van der Waals surface area contributed by atoms with Crippen LogP contribution in [0.5, 0.6) is 0 Å². The second-order valence-corrected chi connectivity index (χ2v) is 5.82. The van der Waals surface area contributed by atoms with Crippen LogP contribution in [0, 0.1) is 0 Å². The molecule has 3 aromatic rings. The number of para-hydroxylation sites is 1. The Morgan fingerprint density at radius 3 is 2.72 bits per heavy atom. The van der Waals surface area contributed by atoms with Gasteiger partial charge in [-0.05, 0) is 30.3 Å². The number of nitrogens with zero attached hydrogens (tertiary/aromatic N) is 4. The molecule has 0 radical (unpaired) electrons. The van der Waals surface area contributed by atoms with Crippen molar-refractivity contribution in [3.63, 3.8) is 0 Å². The van der Waals surface area contributed by atoms with Crippen LogP contribution >= 0.6 is 0 Å². The molecule has 124 valence electrons. The second-order valence-electron chi connectivity index (χ2n) is 5.82. The summed E-state index contributed by atoms with van der Waals surface area (Å²) in [6.07, 6.45) is 5.08. The molecule has 2 heterocycles. The van der Waals surface area contributed by atoms with E-state index in [2.05, 4.69) is 10.2 Å². The Bertz CT molecular complexity index is 1060. The Morgan fingerprint density at radius 1 is 1.04 bits per heavy atom. The Morgan fingerprint density at radius 2 is 1.84 bits per heavy atom. The maximum atomic E-state index is 11.9. The van der Waals surface area contributed by atoms with Gasteiger partial charge in [-0.1, -0.05) is 18.2 Å². The summed E-state index contributed by atoms with van der Waals surface area (Å²) < 4.78 is 5.80. The molecule has 0 atom stereocenters. The number of amides is 2. The zero-order valence-corrected chi connectivity index (χ0v) is 13.9. The topological polar surface area (TPSA) is 61.4 Å². The molecule has 2 amide bonds. The van der Waals surface area contributed by atoms with Crippen LogP contribution in [0.15, 0.2) is 81.3 Å². The molecule has 0 bridgehead atoms. The smallest absolute Gasteiger partial charge is 0.328 e. The molecule has 0 unspecified atom stereocenters. The zero-order valence-electron chi connectivity index (χ0n) is 13.9. The van der Waals surface area contributed by atoms with Crippen LogP contribution in [0.2, 0.25) is 0 Å². The summed E-state index contributed by atoms with van der Waals surface area (Å²) in [6.45, 7) is 0. The van der Waals surface area contributed by atoms with Crippen LogP contribution in [-0.2, 0) is 0 Å². The van der Waals surface area contributed by atoms with E-state index in [1.54, 1.807) is 26.5 Å². The lowest BCUT2D eigenvalue weighted by Crippen LogP contribution is -2.37. The molecule has 1 aliphatic heterocycles. The summed E-state index contributed by atoms with van der Waals surface area (Å²) in [5.74, 6) is 0. The first-order valence-electron chi connectivity index (χ1n) is 7.84. The highest BCUT2D eigenvalue weighted by atomic mass is 16.3. The second kappa shape index (κ2) is 5.90. The molecule has 2 aromatic carbocycles. The van der Waals surface area contributed by atoms with E-state index in [0.29, 0.717) is 5.70 Å². The SMILES string of the molecule is CN1C=CC(=CN=Nc2ccc3oc4ccccc4c3c2)N(C)C1=O. The Kier molecular flexibility index (Phi) is 3.57. The molecule has 0 N–H and O–H groups in total. The number of rotatable bonds is 2. The number of hydrogen-bond acceptors (Lipinski definition) is 4. The summed E-state index contributed by atoms with van der Waals surface area (Å²) in [5, 5.41) is 10.4. The van der Waals surface area contributed by atoms with Gasteiger partial charge in [-0.3, -0.25) is 4.90 Å². The molecule has 0 saturated carbocycles. The quantitative estimate of drug-likeness (QED) is 0.618. The molecule has 0 aliphatic carbocycles. The van der Waals surface area contributed by atoms with Gasteiger partial charge in [0.05, 0.1) is 17.6 Å². The number of benzene rings is 2. The average molecular weight is 332 g/mol. The molecule has 25 heavy (non-hydrogen) atoms. The van der Waals surface area contributed by atoms with Crippen molar-refractivity contribution < 1.29 is 9.21 Å². The monoisotopic (exact) mass is 332 g/mol. The number of hydrogen-bond donors (Lipinski definition) is 0. The zero-order chi connectivity index (χ0) is 17.4. The van der Waals surface area contributed by atoms with Crippen LogP contribution in [-0.4, -0.2) is 29.9 Å². The van der Waals surface area contributed by atoms with Crippen molar-refractivity contribution >= 4 is 33.7 Å². The van der Waals surface area contributed by atoms with E-state index in [4.69, 9.17) is 4.42 Å². The summed E-state index contributed by atoms with van der Waals surface area (Å²) in [5.41, 5.74) is 3.08. The maximum absolute atomic E-state index is 11.9. The van der Waals surface area contributed by atoms with Crippen LogP contribution < -0.4 is 0 Å². The van der Waals surface area contributed by atoms with E-state index in [1.807, 2.05) is 48.5 Å². The van der Waals surface area contributed by atoms with Gasteiger partial charge in [0.1, 0.15) is 11.2 Å². The third kappa shape index (κ3) is 2.67. The largest absolute Gasteiger partial charge is 0.456 e. The normalized spacial score (nSPS) is 16.9. The number of azo groups is 1. The standard InChI is InChI=1S/C19H16N4O2/c1-22-10-9-14(23(2)19(22)24)12-20-21-13-7-8-18-16(11-13)15-5-3-4-6-17(15)25-18/h3-12H,1-2H3. The minimum Gasteiger partial charge on any atom is -0.456 e. The summed E-state index contributed by atoms with van der Waals surface area (Å²) in [4.78, 5) is 14.9. The average Bonchev–Trinajstić information content (AvgIpc) is 3.00. The van der Waals surface area contributed by atoms with Crippen molar-refractivity contribution in [2.24, 2.45) is 10.2 Å². The van der Waals surface area contributed by atoms with Gasteiger partial charge in [-0.15, -0.1) is 0 Å². The van der Waals surface area contributed by atoms with Gasteiger partial charge in [0.2, 0.25) is 0 Å². The van der Waals surface area contributed by atoms with Gasteiger partial charge in [0.25, 0.3) is 0 Å². The molecular formula is C19H16N4O2. The Labute approximate surface area is 144 Å². The van der Waals surface area contributed by atoms with E-state index in [0.717, 1.165) is 27.6 Å². The number of fused-ring (bicyclic) bond motifs is 3. The van der Waals surface area contributed by atoms with E-state index in [9.17, 15) is 4.79 Å². The number of likely N-dealkylation sites (N-methyl/N-ethyl adjacent to an activating group) is 1. The molecule has 0 fully saturated rings. The minimum atomic E-state index is -0.116. The first-order chi connectivity index (χ1) is 12.1. The number of carbonyl (C=O) groups excluding carboxylic acids is 1. The van der Waals surface area contributed by atoms with Gasteiger partial charge in [-0.25, -0.2) is 4.79 Å².